The largest absolute Gasteiger partial charge is 0.368 e. The molecule has 0 spiro atoms. The smallest absolute Gasteiger partial charge is 0.221 e. The summed E-state index contributed by atoms with van der Waals surface area (Å²) in [7, 11) is -2.91. The van der Waals surface area contributed by atoms with Crippen LogP contribution in [0.25, 0.3) is 0 Å². The summed E-state index contributed by atoms with van der Waals surface area (Å²) in [4.78, 5) is 7.91. The summed E-state index contributed by atoms with van der Waals surface area (Å²) in [6.07, 6.45) is 1.22. The molecule has 0 saturated carbocycles. The van der Waals surface area contributed by atoms with Gasteiger partial charge in [-0.25, -0.2) is 18.4 Å². The Morgan fingerprint density at radius 1 is 1.47 bits per heavy atom. The van der Waals surface area contributed by atoms with Gasteiger partial charge in [0.2, 0.25) is 5.95 Å². The number of nitrogen functional groups attached to an aromatic ring is 1. The van der Waals surface area contributed by atoms with Crippen LogP contribution in [0.2, 0.25) is 0 Å². The number of nitrogens with two attached hydrogens (primary N) is 1. The fourth-order valence-electron chi connectivity index (χ4n) is 0.933. The van der Waals surface area contributed by atoms with Crippen LogP contribution in [0, 0.1) is 6.92 Å². The lowest BCUT2D eigenvalue weighted by molar-refractivity contribution is 0.603. The molecule has 0 atom stereocenters. The quantitative estimate of drug-likeness (QED) is 0.616. The number of rotatable bonds is 4. The molecule has 0 aliphatic heterocycles. The van der Waals surface area contributed by atoms with Crippen LogP contribution in [-0.2, 0) is 9.84 Å². The number of aryl methyl sites for hydroxylation is 1. The number of aromatic nitrogens is 2. The average Bonchev–Trinajstić information content (AvgIpc) is 1.99. The van der Waals surface area contributed by atoms with Crippen molar-refractivity contribution in [3.63, 3.8) is 0 Å². The van der Waals surface area contributed by atoms with Crippen LogP contribution in [0.15, 0.2) is 11.1 Å². The summed E-state index contributed by atoms with van der Waals surface area (Å²) in [6, 6.07) is 1.78. The molecule has 0 saturated heterocycles. The zero-order valence-electron chi connectivity index (χ0n) is 8.60. The highest BCUT2D eigenvalue weighted by atomic mass is 32.2. The fraction of sp³-hybridized carbons (Fsp3) is 0.500. The van der Waals surface area contributed by atoms with Crippen molar-refractivity contribution in [1.82, 2.24) is 9.97 Å². The van der Waals surface area contributed by atoms with Crippen LogP contribution in [0.1, 0.15) is 5.69 Å². The zero-order valence-corrected chi connectivity index (χ0v) is 10.2. The number of hydrogen-bond acceptors (Lipinski definition) is 6. The minimum Gasteiger partial charge on any atom is -0.368 e. The first-order valence-corrected chi connectivity index (χ1v) is 7.33. The molecule has 0 radical (unpaired) electrons. The van der Waals surface area contributed by atoms with Gasteiger partial charge in [0.25, 0.3) is 0 Å². The van der Waals surface area contributed by atoms with Gasteiger partial charge in [-0.2, -0.15) is 0 Å². The number of nitrogens with zero attached hydrogens (tertiary/aromatic N) is 2. The molecule has 1 aromatic heterocycles. The minimum absolute atomic E-state index is 0.140. The van der Waals surface area contributed by atoms with Crippen molar-refractivity contribution in [2.24, 2.45) is 0 Å². The summed E-state index contributed by atoms with van der Waals surface area (Å²) >= 11 is 1.37. The molecule has 5 nitrogen and oxygen atoms in total. The molecule has 1 aromatic rings. The Hall–Kier alpha value is -0.820. The predicted octanol–water partition coefficient (Wildman–Crippen LogP) is 0.504. The van der Waals surface area contributed by atoms with Crippen LogP contribution < -0.4 is 5.73 Å². The van der Waals surface area contributed by atoms with E-state index >= 15 is 0 Å². The fourth-order valence-corrected chi connectivity index (χ4v) is 3.10. The second-order valence-corrected chi connectivity index (χ2v) is 6.56. The van der Waals surface area contributed by atoms with Crippen molar-refractivity contribution >= 4 is 27.5 Å². The summed E-state index contributed by atoms with van der Waals surface area (Å²) < 4.78 is 21.8. The van der Waals surface area contributed by atoms with Gasteiger partial charge >= 0.3 is 0 Å². The van der Waals surface area contributed by atoms with Gasteiger partial charge in [-0.15, -0.1) is 11.8 Å². The van der Waals surface area contributed by atoms with Gasteiger partial charge in [0.05, 0.1) is 5.75 Å². The lowest BCUT2D eigenvalue weighted by Crippen LogP contribution is -2.05. The Balaban J connectivity index is 2.58. The van der Waals surface area contributed by atoms with E-state index in [1.807, 2.05) is 6.92 Å². The molecule has 1 rings (SSSR count). The van der Waals surface area contributed by atoms with Crippen molar-refractivity contribution in [1.29, 1.82) is 0 Å². The molecule has 7 heteroatoms. The Labute approximate surface area is 93.4 Å². The van der Waals surface area contributed by atoms with Crippen LogP contribution in [0.4, 0.5) is 5.95 Å². The molecule has 0 unspecified atom stereocenters. The van der Waals surface area contributed by atoms with Gasteiger partial charge in [0.15, 0.2) is 0 Å². The van der Waals surface area contributed by atoms with E-state index in [4.69, 9.17) is 5.73 Å². The Bertz CT molecular complexity index is 425. The second-order valence-electron chi connectivity index (χ2n) is 3.18. The first kappa shape index (κ1) is 12.3. The summed E-state index contributed by atoms with van der Waals surface area (Å²) in [5, 5.41) is 0.712. The third kappa shape index (κ3) is 4.98. The van der Waals surface area contributed by atoms with Crippen LogP contribution in [-0.4, -0.2) is 36.1 Å². The maximum absolute atomic E-state index is 10.9. The number of thioether (sulfide) groups is 1. The molecule has 84 valence electrons. The van der Waals surface area contributed by atoms with Crippen molar-refractivity contribution in [2.45, 2.75) is 11.9 Å². The second kappa shape index (κ2) is 4.80. The van der Waals surface area contributed by atoms with E-state index in [0.29, 0.717) is 10.8 Å². The highest BCUT2D eigenvalue weighted by Gasteiger charge is 2.04. The van der Waals surface area contributed by atoms with Gasteiger partial charge in [-0.1, -0.05) is 0 Å². The molecule has 0 bridgehead atoms. The van der Waals surface area contributed by atoms with Gasteiger partial charge in [-0.3, -0.25) is 0 Å². The Kier molecular flexibility index (Phi) is 3.92. The summed E-state index contributed by atoms with van der Waals surface area (Å²) in [6.45, 7) is 1.82. The Morgan fingerprint density at radius 2 is 2.13 bits per heavy atom. The van der Waals surface area contributed by atoms with E-state index in [1.165, 1.54) is 18.0 Å². The van der Waals surface area contributed by atoms with Gasteiger partial charge in [0, 0.05) is 17.7 Å². The van der Waals surface area contributed by atoms with Crippen molar-refractivity contribution in [2.75, 3.05) is 23.5 Å². The van der Waals surface area contributed by atoms with Crippen molar-refractivity contribution in [3.8, 4) is 0 Å². The topological polar surface area (TPSA) is 85.9 Å². The zero-order chi connectivity index (χ0) is 11.5. The van der Waals surface area contributed by atoms with Crippen LogP contribution >= 0.6 is 11.8 Å². The molecule has 2 N–H and O–H groups in total. The Morgan fingerprint density at radius 3 is 2.67 bits per heavy atom. The minimum atomic E-state index is -2.91. The third-order valence-electron chi connectivity index (χ3n) is 1.55. The van der Waals surface area contributed by atoms with E-state index in [1.54, 1.807) is 6.07 Å². The first-order chi connectivity index (χ1) is 6.87. The standard InChI is InChI=1S/C8H13N3O2S2/c1-6-5-7(11-8(9)10-6)14-3-4-15(2,12)13/h5H,3-4H2,1-2H3,(H2,9,10,11). The van der Waals surface area contributed by atoms with Crippen LogP contribution in [0.5, 0.6) is 0 Å². The summed E-state index contributed by atoms with van der Waals surface area (Å²) in [5.41, 5.74) is 6.24. The molecule has 0 aliphatic rings. The molecule has 0 aliphatic carbocycles. The van der Waals surface area contributed by atoms with Gasteiger partial charge < -0.3 is 5.73 Å². The van der Waals surface area contributed by atoms with E-state index in [0.717, 1.165) is 5.69 Å². The van der Waals surface area contributed by atoms with Crippen LogP contribution in [0.3, 0.4) is 0 Å². The van der Waals surface area contributed by atoms with E-state index in [2.05, 4.69) is 9.97 Å². The lowest BCUT2D eigenvalue weighted by atomic mass is 10.5. The monoisotopic (exact) mass is 247 g/mol. The molecular formula is C8H13N3O2S2. The third-order valence-corrected chi connectivity index (χ3v) is 3.67. The van der Waals surface area contributed by atoms with E-state index in [9.17, 15) is 8.42 Å². The maximum Gasteiger partial charge on any atom is 0.221 e. The lowest BCUT2D eigenvalue weighted by Gasteiger charge is -2.02. The van der Waals surface area contributed by atoms with E-state index < -0.39 is 9.84 Å². The summed E-state index contributed by atoms with van der Waals surface area (Å²) in [5.74, 6) is 0.840. The normalized spacial score (nSPS) is 11.6. The molecule has 1 heterocycles. The van der Waals surface area contributed by atoms with Gasteiger partial charge in [0.1, 0.15) is 14.9 Å². The number of sulfone groups is 1. The highest BCUT2D eigenvalue weighted by Crippen LogP contribution is 2.16. The molecule has 15 heavy (non-hydrogen) atoms. The molecule has 0 fully saturated rings. The SMILES string of the molecule is Cc1cc(SCCS(C)(=O)=O)nc(N)n1. The van der Waals surface area contributed by atoms with E-state index in [-0.39, 0.29) is 11.7 Å². The molecular weight excluding hydrogens is 234 g/mol. The first-order valence-electron chi connectivity index (χ1n) is 4.28. The predicted molar refractivity (Wildman–Crippen MR) is 61.6 cm³/mol. The molecule has 0 amide bonds. The van der Waals surface area contributed by atoms with Crippen molar-refractivity contribution < 1.29 is 8.42 Å². The molecule has 0 aromatic carbocycles. The number of hydrogen-bond donors (Lipinski definition) is 1. The average molecular weight is 247 g/mol. The van der Waals surface area contributed by atoms with Crippen molar-refractivity contribution in [3.05, 3.63) is 11.8 Å². The number of anilines is 1. The highest BCUT2D eigenvalue weighted by molar-refractivity contribution is 8.00. The van der Waals surface area contributed by atoms with Gasteiger partial charge in [-0.05, 0) is 13.0 Å². The maximum atomic E-state index is 10.9.